The minimum atomic E-state index is -1.26. The van der Waals surface area contributed by atoms with Crippen molar-refractivity contribution in [2.75, 3.05) is 20.7 Å². The molecule has 32 heavy (non-hydrogen) atoms. The zero-order chi connectivity index (χ0) is 23.3. The number of benzene rings is 3. The number of hydrogen-bond donors (Lipinski definition) is 3. The summed E-state index contributed by atoms with van der Waals surface area (Å²) in [6.07, 6.45) is 0.484. The number of aliphatic hydroxyl groups excluding tert-OH is 1. The maximum Gasteiger partial charge on any atom is 0.328 e. The quantitative estimate of drug-likeness (QED) is 0.537. The molecule has 7 heteroatoms. The SMILES string of the molecule is COc1cccc2c1C(O)N(C)CC2c1ccc2ccccc2c1.O=C(O)/C=C\C(=O)O. The summed E-state index contributed by atoms with van der Waals surface area (Å²) in [6, 6.07) is 21.1. The number of nitrogens with zero attached hydrogens (tertiary/aromatic N) is 1. The highest BCUT2D eigenvalue weighted by Gasteiger charge is 2.33. The Bertz CT molecular complexity index is 1140. The minimum absolute atomic E-state index is 0.216. The van der Waals surface area contributed by atoms with Crippen LogP contribution >= 0.6 is 0 Å². The molecule has 0 saturated carbocycles. The molecule has 0 aliphatic carbocycles. The second kappa shape index (κ2) is 10.1. The van der Waals surface area contributed by atoms with Crippen molar-refractivity contribution in [3.05, 3.63) is 89.5 Å². The zero-order valence-corrected chi connectivity index (χ0v) is 17.8. The predicted octanol–water partition coefficient (Wildman–Crippen LogP) is 3.63. The lowest BCUT2D eigenvalue weighted by atomic mass is 9.83. The van der Waals surface area contributed by atoms with Crippen molar-refractivity contribution >= 4 is 22.7 Å². The minimum Gasteiger partial charge on any atom is -0.496 e. The molecule has 4 rings (SSSR count). The van der Waals surface area contributed by atoms with E-state index in [1.165, 1.54) is 16.3 Å². The van der Waals surface area contributed by atoms with Crippen LogP contribution in [0, 0.1) is 0 Å². The van der Waals surface area contributed by atoms with Crippen LogP contribution in [0.25, 0.3) is 10.8 Å². The molecule has 0 fully saturated rings. The van der Waals surface area contributed by atoms with E-state index < -0.39 is 18.2 Å². The van der Waals surface area contributed by atoms with Crippen molar-refractivity contribution in [3.63, 3.8) is 0 Å². The second-order valence-electron chi connectivity index (χ2n) is 7.45. The van der Waals surface area contributed by atoms with E-state index in [-0.39, 0.29) is 5.92 Å². The van der Waals surface area contributed by atoms with Gasteiger partial charge in [0.2, 0.25) is 0 Å². The third kappa shape index (κ3) is 5.14. The Kier molecular flexibility index (Phi) is 7.25. The van der Waals surface area contributed by atoms with E-state index in [0.717, 1.165) is 23.4 Å². The summed E-state index contributed by atoms with van der Waals surface area (Å²) < 4.78 is 5.50. The normalized spacial score (nSPS) is 18.0. The highest BCUT2D eigenvalue weighted by atomic mass is 16.5. The first kappa shape index (κ1) is 23.0. The van der Waals surface area contributed by atoms with Crippen LogP contribution in [0.1, 0.15) is 28.8 Å². The first-order valence-corrected chi connectivity index (χ1v) is 9.99. The van der Waals surface area contributed by atoms with Crippen LogP contribution in [0.5, 0.6) is 5.75 Å². The van der Waals surface area contributed by atoms with Gasteiger partial charge in [0, 0.05) is 30.2 Å². The van der Waals surface area contributed by atoms with Gasteiger partial charge in [-0.2, -0.15) is 0 Å². The summed E-state index contributed by atoms with van der Waals surface area (Å²) in [5.41, 5.74) is 3.30. The number of likely N-dealkylation sites (N-methyl/N-ethyl adjacent to an activating group) is 1. The lowest BCUT2D eigenvalue weighted by Crippen LogP contribution is -2.35. The van der Waals surface area contributed by atoms with E-state index in [9.17, 15) is 14.7 Å². The van der Waals surface area contributed by atoms with Crippen LogP contribution in [0.15, 0.2) is 72.8 Å². The largest absolute Gasteiger partial charge is 0.496 e. The van der Waals surface area contributed by atoms with Gasteiger partial charge in [0.05, 0.1) is 7.11 Å². The monoisotopic (exact) mass is 435 g/mol. The summed E-state index contributed by atoms with van der Waals surface area (Å²) in [4.78, 5) is 21.1. The molecule has 2 atom stereocenters. The number of ether oxygens (including phenoxy) is 1. The molecule has 1 aliphatic rings. The molecule has 3 aromatic rings. The van der Waals surface area contributed by atoms with E-state index in [1.54, 1.807) is 7.11 Å². The number of rotatable bonds is 4. The van der Waals surface area contributed by atoms with Crippen LogP contribution in [0.4, 0.5) is 0 Å². The third-order valence-corrected chi connectivity index (χ3v) is 5.39. The second-order valence-corrected chi connectivity index (χ2v) is 7.45. The molecule has 2 unspecified atom stereocenters. The van der Waals surface area contributed by atoms with Gasteiger partial charge in [0.15, 0.2) is 0 Å². The molecule has 0 saturated heterocycles. The molecule has 3 aromatic carbocycles. The van der Waals surface area contributed by atoms with Crippen LogP contribution < -0.4 is 4.74 Å². The number of aliphatic hydroxyl groups is 1. The summed E-state index contributed by atoms with van der Waals surface area (Å²) in [5.74, 6) is -1.55. The average Bonchev–Trinajstić information content (AvgIpc) is 2.79. The lowest BCUT2D eigenvalue weighted by molar-refractivity contribution is -0.134. The predicted molar refractivity (Wildman–Crippen MR) is 121 cm³/mol. The molecule has 3 N–H and O–H groups in total. The highest BCUT2D eigenvalue weighted by molar-refractivity contribution is 5.89. The molecule has 0 radical (unpaired) electrons. The van der Waals surface area contributed by atoms with Crippen LogP contribution in [0.3, 0.4) is 0 Å². The van der Waals surface area contributed by atoms with Crippen molar-refractivity contribution in [3.8, 4) is 5.75 Å². The number of carbonyl (C=O) groups is 2. The Balaban J connectivity index is 0.000000312. The van der Waals surface area contributed by atoms with Gasteiger partial charge in [-0.05, 0) is 35.0 Å². The van der Waals surface area contributed by atoms with Crippen LogP contribution in [-0.2, 0) is 9.59 Å². The number of fused-ring (bicyclic) bond motifs is 2. The Morgan fingerprint density at radius 2 is 1.62 bits per heavy atom. The van der Waals surface area contributed by atoms with E-state index in [0.29, 0.717) is 12.2 Å². The fourth-order valence-corrected chi connectivity index (χ4v) is 3.88. The molecule has 166 valence electrons. The molecule has 1 heterocycles. The third-order valence-electron chi connectivity index (χ3n) is 5.39. The fraction of sp³-hybridized carbons (Fsp3) is 0.200. The van der Waals surface area contributed by atoms with Crippen molar-refractivity contribution in [1.29, 1.82) is 0 Å². The fourth-order valence-electron chi connectivity index (χ4n) is 3.88. The zero-order valence-electron chi connectivity index (χ0n) is 17.8. The maximum atomic E-state index is 10.6. The van der Waals surface area contributed by atoms with Crippen molar-refractivity contribution in [2.24, 2.45) is 0 Å². The molecule has 0 aromatic heterocycles. The van der Waals surface area contributed by atoms with E-state index in [4.69, 9.17) is 14.9 Å². The van der Waals surface area contributed by atoms with Crippen molar-refractivity contribution in [2.45, 2.75) is 12.1 Å². The molecule has 0 spiro atoms. The number of carboxylic acids is 2. The topological polar surface area (TPSA) is 107 Å². The molecule has 1 aliphatic heterocycles. The van der Waals surface area contributed by atoms with Gasteiger partial charge in [0.25, 0.3) is 0 Å². The highest BCUT2D eigenvalue weighted by Crippen LogP contribution is 2.42. The summed E-state index contributed by atoms with van der Waals surface area (Å²) in [6.45, 7) is 0.777. The van der Waals surface area contributed by atoms with E-state index in [2.05, 4.69) is 48.5 Å². The summed E-state index contributed by atoms with van der Waals surface area (Å²) in [7, 11) is 3.61. The molecular formula is C25H25NO6. The van der Waals surface area contributed by atoms with E-state index in [1.807, 2.05) is 24.1 Å². The van der Waals surface area contributed by atoms with Gasteiger partial charge >= 0.3 is 11.9 Å². The maximum absolute atomic E-state index is 10.6. The lowest BCUT2D eigenvalue weighted by Gasteiger charge is -2.37. The number of methoxy groups -OCH3 is 1. The van der Waals surface area contributed by atoms with Gasteiger partial charge in [-0.25, -0.2) is 9.59 Å². The smallest absolute Gasteiger partial charge is 0.328 e. The Labute approximate surface area is 185 Å². The number of carboxylic acid groups (broad SMARTS) is 2. The Hall–Kier alpha value is -3.68. The standard InChI is InChI=1S/C21H21NO2.C4H4O4/c1-22-13-18(16-11-10-14-6-3-4-7-15(14)12-16)17-8-5-9-19(24-2)20(17)21(22)23;5-3(6)1-2-4(7)8/h3-12,18,21,23H,13H2,1-2H3;1-2H,(H,5,6)(H,7,8)/b;2-1-. The van der Waals surface area contributed by atoms with Gasteiger partial charge < -0.3 is 20.1 Å². The molecule has 0 amide bonds. The summed E-state index contributed by atoms with van der Waals surface area (Å²) in [5, 5.41) is 28.7. The van der Waals surface area contributed by atoms with E-state index >= 15 is 0 Å². The first-order chi connectivity index (χ1) is 15.3. The van der Waals surface area contributed by atoms with Gasteiger partial charge in [0.1, 0.15) is 12.0 Å². The van der Waals surface area contributed by atoms with Gasteiger partial charge in [-0.1, -0.05) is 54.6 Å². The number of aliphatic carboxylic acids is 2. The van der Waals surface area contributed by atoms with Crippen molar-refractivity contribution in [1.82, 2.24) is 4.90 Å². The van der Waals surface area contributed by atoms with Gasteiger partial charge in [-0.3, -0.25) is 4.90 Å². The molecule has 7 nitrogen and oxygen atoms in total. The first-order valence-electron chi connectivity index (χ1n) is 9.99. The molecular weight excluding hydrogens is 410 g/mol. The Morgan fingerprint density at radius 1 is 0.969 bits per heavy atom. The van der Waals surface area contributed by atoms with Crippen LogP contribution in [0.2, 0.25) is 0 Å². The summed E-state index contributed by atoms with van der Waals surface area (Å²) >= 11 is 0. The van der Waals surface area contributed by atoms with Crippen LogP contribution in [-0.4, -0.2) is 52.9 Å². The van der Waals surface area contributed by atoms with Crippen molar-refractivity contribution < 1.29 is 29.6 Å². The molecule has 0 bridgehead atoms. The van der Waals surface area contributed by atoms with Gasteiger partial charge in [-0.15, -0.1) is 0 Å². The number of hydrogen-bond acceptors (Lipinski definition) is 5. The Morgan fingerprint density at radius 3 is 2.25 bits per heavy atom. The average molecular weight is 435 g/mol.